The molecule has 0 radical (unpaired) electrons. The van der Waals surface area contributed by atoms with Crippen molar-refractivity contribution < 1.29 is 17.6 Å². The molecule has 0 spiro atoms. The van der Waals surface area contributed by atoms with E-state index >= 15 is 0 Å². The Labute approximate surface area is 178 Å². The van der Waals surface area contributed by atoms with Gasteiger partial charge in [-0.25, -0.2) is 17.9 Å². The predicted octanol–water partition coefficient (Wildman–Crippen LogP) is 4.22. The molecule has 3 rings (SSSR count). The molecular formula is C22H31N3O4S. The van der Waals surface area contributed by atoms with E-state index in [9.17, 15) is 13.2 Å². The van der Waals surface area contributed by atoms with E-state index in [1.54, 1.807) is 31.9 Å². The average Bonchev–Trinajstić information content (AvgIpc) is 3.18. The summed E-state index contributed by atoms with van der Waals surface area (Å²) in [4.78, 5) is 14.5. The molecule has 1 aliphatic rings. The van der Waals surface area contributed by atoms with Crippen LogP contribution in [0.25, 0.3) is 11.3 Å². The van der Waals surface area contributed by atoms with Crippen LogP contribution in [0.4, 0.5) is 10.5 Å². The van der Waals surface area contributed by atoms with Crippen LogP contribution in [0.5, 0.6) is 0 Å². The number of benzene rings is 1. The van der Waals surface area contributed by atoms with Crippen molar-refractivity contribution in [1.29, 1.82) is 0 Å². The molecule has 2 atom stereocenters. The molecule has 0 saturated carbocycles. The smallest absolute Gasteiger partial charge is 0.321 e. The van der Waals surface area contributed by atoms with E-state index in [-0.39, 0.29) is 18.0 Å². The fourth-order valence-electron chi connectivity index (χ4n) is 3.48. The number of nitrogens with zero attached hydrogens (tertiary/aromatic N) is 1. The summed E-state index contributed by atoms with van der Waals surface area (Å²) in [6.45, 7) is 9.95. The Balaban J connectivity index is 1.61. The van der Waals surface area contributed by atoms with Crippen LogP contribution < -0.4 is 10.0 Å². The highest BCUT2D eigenvalue weighted by Gasteiger charge is 2.36. The van der Waals surface area contributed by atoms with Crippen LogP contribution in [0.2, 0.25) is 0 Å². The van der Waals surface area contributed by atoms with Gasteiger partial charge in [0.15, 0.2) is 0 Å². The molecule has 8 heteroatoms. The number of anilines is 1. The number of hydrogen-bond donors (Lipinski definition) is 2. The maximum Gasteiger partial charge on any atom is 0.321 e. The van der Waals surface area contributed by atoms with Crippen molar-refractivity contribution >= 4 is 21.7 Å². The Kier molecular flexibility index (Phi) is 6.29. The van der Waals surface area contributed by atoms with Gasteiger partial charge in [0.05, 0.1) is 11.0 Å². The van der Waals surface area contributed by atoms with Crippen molar-refractivity contribution in [3.8, 4) is 11.3 Å². The molecular weight excluding hydrogens is 402 g/mol. The van der Waals surface area contributed by atoms with Crippen LogP contribution >= 0.6 is 0 Å². The number of carbonyl (C=O) groups is 1. The van der Waals surface area contributed by atoms with Crippen LogP contribution in [0, 0.1) is 12.8 Å². The van der Waals surface area contributed by atoms with Crippen molar-refractivity contribution in [1.82, 2.24) is 9.62 Å². The number of urea groups is 1. The lowest BCUT2D eigenvalue weighted by atomic mass is 9.95. The van der Waals surface area contributed by atoms with E-state index in [0.717, 1.165) is 22.6 Å². The second kappa shape index (κ2) is 8.43. The third-order valence-corrected chi connectivity index (χ3v) is 7.80. The van der Waals surface area contributed by atoms with Crippen LogP contribution in [0.15, 0.2) is 41.0 Å². The predicted molar refractivity (Wildman–Crippen MR) is 119 cm³/mol. The zero-order valence-corrected chi connectivity index (χ0v) is 19.0. The standard InChI is InChI=1S/C22H31N3O4S/c1-15-13-17(20-7-6-12-29-20)8-9-18(15)23-21(26)25-11-10-19(16(2)14-25)24-30(27,28)22(3,4)5/h6-9,12-13,16,19,24H,10-11,14H2,1-5H3,(H,23,26). The van der Waals surface area contributed by atoms with Gasteiger partial charge >= 0.3 is 6.03 Å². The number of aryl methyl sites for hydroxylation is 1. The minimum Gasteiger partial charge on any atom is -0.464 e. The van der Waals surface area contributed by atoms with E-state index in [2.05, 4.69) is 10.0 Å². The fraction of sp³-hybridized carbons (Fsp3) is 0.500. The van der Waals surface area contributed by atoms with Gasteiger partial charge in [-0.05, 0) is 75.9 Å². The zero-order chi connectivity index (χ0) is 22.1. The number of rotatable bonds is 4. The van der Waals surface area contributed by atoms with E-state index in [1.165, 1.54) is 0 Å². The number of sulfonamides is 1. The number of amides is 2. The number of nitrogens with one attached hydrogen (secondary N) is 2. The maximum absolute atomic E-state index is 12.8. The van der Waals surface area contributed by atoms with Gasteiger partial charge in [-0.2, -0.15) is 0 Å². The third-order valence-electron chi connectivity index (χ3n) is 5.58. The van der Waals surface area contributed by atoms with E-state index < -0.39 is 14.8 Å². The Morgan fingerprint density at radius 3 is 2.53 bits per heavy atom. The Bertz CT molecular complexity index is 994. The summed E-state index contributed by atoms with van der Waals surface area (Å²) < 4.78 is 32.3. The van der Waals surface area contributed by atoms with E-state index in [1.807, 2.05) is 44.2 Å². The Morgan fingerprint density at radius 2 is 1.97 bits per heavy atom. The summed E-state index contributed by atoms with van der Waals surface area (Å²) in [5, 5.41) is 2.98. The molecule has 2 N–H and O–H groups in total. The number of likely N-dealkylation sites (tertiary alicyclic amines) is 1. The van der Waals surface area contributed by atoms with Crippen molar-refractivity contribution in [2.24, 2.45) is 5.92 Å². The molecule has 0 aliphatic carbocycles. The normalized spacial score (nSPS) is 20.2. The molecule has 1 saturated heterocycles. The molecule has 2 amide bonds. The maximum atomic E-state index is 12.8. The summed E-state index contributed by atoms with van der Waals surface area (Å²) in [5.74, 6) is 0.800. The van der Waals surface area contributed by atoms with Crippen LogP contribution in [-0.4, -0.2) is 43.2 Å². The average molecular weight is 434 g/mol. The second-order valence-corrected chi connectivity index (χ2v) is 11.5. The number of hydrogen-bond acceptors (Lipinski definition) is 4. The van der Waals surface area contributed by atoms with Gasteiger partial charge in [-0.1, -0.05) is 6.92 Å². The van der Waals surface area contributed by atoms with Gasteiger partial charge in [-0.15, -0.1) is 0 Å². The molecule has 164 valence electrons. The van der Waals surface area contributed by atoms with E-state index in [4.69, 9.17) is 4.42 Å². The van der Waals surface area contributed by atoms with Crippen LogP contribution in [0.3, 0.4) is 0 Å². The first-order chi connectivity index (χ1) is 14.0. The fourth-order valence-corrected chi connectivity index (χ4v) is 4.58. The highest BCUT2D eigenvalue weighted by atomic mass is 32.2. The van der Waals surface area contributed by atoms with Gasteiger partial charge in [0.2, 0.25) is 10.0 Å². The Morgan fingerprint density at radius 1 is 1.23 bits per heavy atom. The van der Waals surface area contributed by atoms with Crippen molar-refractivity contribution in [2.45, 2.75) is 51.8 Å². The lowest BCUT2D eigenvalue weighted by molar-refractivity contribution is 0.167. The lowest BCUT2D eigenvalue weighted by Crippen LogP contribution is -2.54. The van der Waals surface area contributed by atoms with Gasteiger partial charge in [0.25, 0.3) is 0 Å². The minimum atomic E-state index is -3.42. The molecule has 2 heterocycles. The molecule has 2 aromatic rings. The minimum absolute atomic E-state index is 0.0176. The first-order valence-electron chi connectivity index (χ1n) is 10.2. The lowest BCUT2D eigenvalue weighted by Gasteiger charge is -2.38. The Hall–Kier alpha value is -2.32. The zero-order valence-electron chi connectivity index (χ0n) is 18.2. The van der Waals surface area contributed by atoms with Crippen LogP contribution in [0.1, 0.15) is 39.7 Å². The molecule has 0 bridgehead atoms. The summed E-state index contributed by atoms with van der Waals surface area (Å²) >= 11 is 0. The molecule has 7 nitrogen and oxygen atoms in total. The summed E-state index contributed by atoms with van der Waals surface area (Å²) in [7, 11) is -3.42. The van der Waals surface area contributed by atoms with Crippen LogP contribution in [-0.2, 0) is 10.0 Å². The third kappa shape index (κ3) is 4.87. The number of piperidine rings is 1. The van der Waals surface area contributed by atoms with Crippen molar-refractivity contribution in [3.63, 3.8) is 0 Å². The van der Waals surface area contributed by atoms with Crippen molar-refractivity contribution in [2.75, 3.05) is 18.4 Å². The summed E-state index contributed by atoms with van der Waals surface area (Å²) in [6, 6.07) is 9.15. The molecule has 2 unspecified atom stereocenters. The first-order valence-corrected chi connectivity index (χ1v) is 11.7. The largest absolute Gasteiger partial charge is 0.464 e. The molecule has 1 fully saturated rings. The summed E-state index contributed by atoms with van der Waals surface area (Å²) in [6.07, 6.45) is 2.22. The van der Waals surface area contributed by atoms with Crippen molar-refractivity contribution in [3.05, 3.63) is 42.2 Å². The molecule has 30 heavy (non-hydrogen) atoms. The van der Waals surface area contributed by atoms with E-state index in [0.29, 0.717) is 19.5 Å². The molecule has 1 aliphatic heterocycles. The topological polar surface area (TPSA) is 91.7 Å². The molecule has 1 aromatic carbocycles. The highest BCUT2D eigenvalue weighted by Crippen LogP contribution is 2.26. The highest BCUT2D eigenvalue weighted by molar-refractivity contribution is 7.90. The number of furan rings is 1. The second-order valence-electron chi connectivity index (χ2n) is 8.99. The molecule has 1 aromatic heterocycles. The van der Waals surface area contributed by atoms with Gasteiger partial charge < -0.3 is 14.6 Å². The summed E-state index contributed by atoms with van der Waals surface area (Å²) in [5.41, 5.74) is 2.65. The number of carbonyl (C=O) groups excluding carboxylic acids is 1. The SMILES string of the molecule is Cc1cc(-c2ccco2)ccc1NC(=O)N1CCC(NS(=O)(=O)C(C)(C)C)C(C)C1. The first kappa shape index (κ1) is 22.4. The monoisotopic (exact) mass is 433 g/mol. The van der Waals surface area contributed by atoms with Gasteiger partial charge in [0.1, 0.15) is 5.76 Å². The van der Waals surface area contributed by atoms with Gasteiger partial charge in [0, 0.05) is 30.4 Å². The quantitative estimate of drug-likeness (QED) is 0.755. The van der Waals surface area contributed by atoms with Gasteiger partial charge in [-0.3, -0.25) is 0 Å².